The van der Waals surface area contributed by atoms with Gasteiger partial charge < -0.3 is 10.1 Å². The van der Waals surface area contributed by atoms with Gasteiger partial charge in [0.2, 0.25) is 10.0 Å². The second-order valence-corrected chi connectivity index (χ2v) is 12.4. The van der Waals surface area contributed by atoms with Gasteiger partial charge in [0, 0.05) is 17.5 Å². The predicted octanol–water partition coefficient (Wildman–Crippen LogP) is 5.31. The number of amides is 1. The summed E-state index contributed by atoms with van der Waals surface area (Å²) in [6.07, 6.45) is 2.48. The van der Waals surface area contributed by atoms with Gasteiger partial charge in [-0.05, 0) is 80.0 Å². The van der Waals surface area contributed by atoms with Crippen molar-refractivity contribution in [2.45, 2.75) is 76.0 Å². The van der Waals surface area contributed by atoms with E-state index in [1.165, 1.54) is 23.5 Å². The molecule has 1 amide bonds. The van der Waals surface area contributed by atoms with Crippen LogP contribution < -0.4 is 14.8 Å². The monoisotopic (exact) mass is 545 g/mol. The number of sulfonamides is 1. The molecule has 1 aromatic heterocycles. The van der Waals surface area contributed by atoms with E-state index >= 15 is 0 Å². The lowest BCUT2D eigenvalue weighted by atomic mass is 9.92. The summed E-state index contributed by atoms with van der Waals surface area (Å²) in [5.74, 6) is 0.447. The van der Waals surface area contributed by atoms with Crippen molar-refractivity contribution >= 4 is 27.3 Å². The lowest BCUT2D eigenvalue weighted by Crippen LogP contribution is -2.43. The van der Waals surface area contributed by atoms with Gasteiger partial charge in [0.05, 0.1) is 4.90 Å². The molecule has 1 saturated carbocycles. The van der Waals surface area contributed by atoms with Gasteiger partial charge in [-0.3, -0.25) is 4.79 Å². The largest absolute Gasteiger partial charge is 0.486 e. The third-order valence-corrected chi connectivity index (χ3v) is 8.79. The minimum atomic E-state index is -3.72. The summed E-state index contributed by atoms with van der Waals surface area (Å²) in [5.41, 5.74) is 2.61. The Hall–Kier alpha value is -2.82. The van der Waals surface area contributed by atoms with E-state index in [2.05, 4.69) is 41.0 Å². The Labute approximate surface area is 221 Å². The Bertz CT molecular complexity index is 1330. The second-order valence-electron chi connectivity index (χ2n) is 9.71. The molecule has 0 bridgehead atoms. The summed E-state index contributed by atoms with van der Waals surface area (Å²) in [5, 5.41) is 5.48. The van der Waals surface area contributed by atoms with E-state index in [1.54, 1.807) is 5.38 Å². The number of ether oxygens (including phenoxy) is 1. The van der Waals surface area contributed by atoms with E-state index in [9.17, 15) is 17.6 Å². The molecule has 0 spiro atoms. The van der Waals surface area contributed by atoms with E-state index in [0.717, 1.165) is 34.0 Å². The standard InChI is InChI=1S/C27H32FN3O4S2/c1-17(2)23-13-4-18(3)14-25(23)35-15-26-30-24(16-36-26)27(32)29-20-7-9-21(10-8-20)31-37(33,34)22-11-5-19(28)6-12-22/h4-6,11-14,16-17,20-21,31H,7-10,15H2,1-3H3,(H,29,32). The molecule has 2 N–H and O–H groups in total. The first-order valence-corrected chi connectivity index (χ1v) is 14.7. The minimum absolute atomic E-state index is 0.0375. The van der Waals surface area contributed by atoms with Crippen molar-refractivity contribution in [3.63, 3.8) is 0 Å². The van der Waals surface area contributed by atoms with Gasteiger partial charge in [-0.15, -0.1) is 11.3 Å². The molecule has 1 heterocycles. The highest BCUT2D eigenvalue weighted by atomic mass is 32.2. The number of thiazole rings is 1. The molecular formula is C27H32FN3O4S2. The topological polar surface area (TPSA) is 97.4 Å². The third kappa shape index (κ3) is 7.15. The van der Waals surface area contributed by atoms with Gasteiger partial charge in [-0.25, -0.2) is 22.5 Å². The number of rotatable bonds is 9. The highest BCUT2D eigenvalue weighted by Gasteiger charge is 2.27. The van der Waals surface area contributed by atoms with Crippen LogP contribution in [-0.2, 0) is 16.6 Å². The number of carbonyl (C=O) groups is 1. The molecule has 1 aliphatic carbocycles. The smallest absolute Gasteiger partial charge is 0.270 e. The Kier molecular flexibility index (Phi) is 8.61. The first kappa shape index (κ1) is 27.2. The molecule has 0 radical (unpaired) electrons. The molecule has 4 rings (SSSR count). The summed E-state index contributed by atoms with van der Waals surface area (Å²) in [6, 6.07) is 10.6. The number of aryl methyl sites for hydroxylation is 1. The Morgan fingerprint density at radius 3 is 2.46 bits per heavy atom. The van der Waals surface area contributed by atoms with Crippen LogP contribution in [-0.4, -0.2) is 31.4 Å². The molecule has 0 unspecified atom stereocenters. The van der Waals surface area contributed by atoms with Gasteiger partial charge in [-0.1, -0.05) is 26.0 Å². The zero-order chi connectivity index (χ0) is 26.6. The van der Waals surface area contributed by atoms with Gasteiger partial charge >= 0.3 is 0 Å². The van der Waals surface area contributed by atoms with Gasteiger partial charge in [0.1, 0.15) is 28.9 Å². The molecule has 198 valence electrons. The number of aromatic nitrogens is 1. The molecule has 0 atom stereocenters. The molecule has 7 nitrogen and oxygen atoms in total. The number of hydrogen-bond acceptors (Lipinski definition) is 6. The van der Waals surface area contributed by atoms with Crippen LogP contribution in [0.1, 0.15) is 72.1 Å². The summed E-state index contributed by atoms with van der Waals surface area (Å²) >= 11 is 1.39. The van der Waals surface area contributed by atoms with Crippen molar-refractivity contribution in [2.24, 2.45) is 0 Å². The molecule has 0 saturated heterocycles. The molecule has 2 aromatic carbocycles. The van der Waals surface area contributed by atoms with Crippen LogP contribution in [0, 0.1) is 12.7 Å². The summed E-state index contributed by atoms with van der Waals surface area (Å²) in [7, 11) is -3.72. The second kappa shape index (κ2) is 11.7. The van der Waals surface area contributed by atoms with E-state index < -0.39 is 15.8 Å². The number of halogens is 1. The number of nitrogens with zero attached hydrogens (tertiary/aromatic N) is 1. The lowest BCUT2D eigenvalue weighted by molar-refractivity contribution is 0.0920. The number of carbonyl (C=O) groups excluding carboxylic acids is 1. The van der Waals surface area contributed by atoms with Gasteiger partial charge in [0.25, 0.3) is 5.91 Å². The fraction of sp³-hybridized carbons (Fsp3) is 0.407. The summed E-state index contributed by atoms with van der Waals surface area (Å²) in [6.45, 7) is 6.56. The average molecular weight is 546 g/mol. The predicted molar refractivity (Wildman–Crippen MR) is 142 cm³/mol. The van der Waals surface area contributed by atoms with Crippen LogP contribution in [0.25, 0.3) is 0 Å². The normalized spacial score (nSPS) is 18.1. The number of nitrogens with one attached hydrogen (secondary N) is 2. The maximum Gasteiger partial charge on any atom is 0.270 e. The molecule has 3 aromatic rings. The van der Waals surface area contributed by atoms with Crippen LogP contribution >= 0.6 is 11.3 Å². The van der Waals surface area contributed by atoms with Crippen molar-refractivity contribution in [1.29, 1.82) is 0 Å². The number of benzene rings is 2. The van der Waals surface area contributed by atoms with Crippen molar-refractivity contribution in [1.82, 2.24) is 15.0 Å². The fourth-order valence-electron chi connectivity index (χ4n) is 4.38. The van der Waals surface area contributed by atoms with E-state index in [1.807, 2.05) is 13.0 Å². The van der Waals surface area contributed by atoms with E-state index in [-0.39, 0.29) is 22.9 Å². The molecular weight excluding hydrogens is 513 g/mol. The average Bonchev–Trinajstić information content (AvgIpc) is 3.33. The van der Waals surface area contributed by atoms with Crippen molar-refractivity contribution in [3.05, 3.63) is 75.5 Å². The summed E-state index contributed by atoms with van der Waals surface area (Å²) in [4.78, 5) is 17.3. The van der Waals surface area contributed by atoms with Crippen LogP contribution in [0.3, 0.4) is 0 Å². The first-order valence-electron chi connectivity index (χ1n) is 12.4. The number of hydrogen-bond donors (Lipinski definition) is 2. The van der Waals surface area contributed by atoms with E-state index in [4.69, 9.17) is 4.74 Å². The fourth-order valence-corrected chi connectivity index (χ4v) is 6.37. The van der Waals surface area contributed by atoms with Crippen LogP contribution in [0.5, 0.6) is 5.75 Å². The first-order chi connectivity index (χ1) is 17.6. The zero-order valence-corrected chi connectivity index (χ0v) is 22.8. The van der Waals surface area contributed by atoms with Crippen molar-refractivity contribution < 1.29 is 22.3 Å². The Balaban J connectivity index is 1.26. The van der Waals surface area contributed by atoms with Gasteiger partial charge in [0.15, 0.2) is 0 Å². The van der Waals surface area contributed by atoms with Crippen molar-refractivity contribution in [2.75, 3.05) is 0 Å². The highest BCUT2D eigenvalue weighted by molar-refractivity contribution is 7.89. The maximum atomic E-state index is 13.1. The van der Waals surface area contributed by atoms with Crippen LogP contribution in [0.15, 0.2) is 52.7 Å². The van der Waals surface area contributed by atoms with E-state index in [0.29, 0.717) is 43.9 Å². The Morgan fingerprint density at radius 1 is 1.11 bits per heavy atom. The van der Waals surface area contributed by atoms with Crippen LogP contribution in [0.4, 0.5) is 4.39 Å². The quantitative estimate of drug-likeness (QED) is 0.380. The van der Waals surface area contributed by atoms with Crippen LogP contribution in [0.2, 0.25) is 0 Å². The molecule has 1 fully saturated rings. The Morgan fingerprint density at radius 2 is 1.78 bits per heavy atom. The lowest BCUT2D eigenvalue weighted by Gasteiger charge is -2.29. The zero-order valence-electron chi connectivity index (χ0n) is 21.2. The highest BCUT2D eigenvalue weighted by Crippen LogP contribution is 2.28. The third-order valence-electron chi connectivity index (χ3n) is 6.43. The van der Waals surface area contributed by atoms with Crippen molar-refractivity contribution in [3.8, 4) is 5.75 Å². The maximum absolute atomic E-state index is 13.1. The van der Waals surface area contributed by atoms with Gasteiger partial charge in [-0.2, -0.15) is 0 Å². The SMILES string of the molecule is Cc1ccc(C(C)C)c(OCc2nc(C(=O)NC3CCC(NS(=O)(=O)c4ccc(F)cc4)CC3)cs2)c1. The summed E-state index contributed by atoms with van der Waals surface area (Å²) < 4.78 is 46.9. The molecule has 10 heteroatoms. The molecule has 0 aliphatic heterocycles. The molecule has 1 aliphatic rings. The minimum Gasteiger partial charge on any atom is -0.486 e. The molecule has 37 heavy (non-hydrogen) atoms.